The molecule has 5 nitrogen and oxygen atoms in total. The highest BCUT2D eigenvalue weighted by Crippen LogP contribution is 2.21. The van der Waals surface area contributed by atoms with Gasteiger partial charge in [0.2, 0.25) is 0 Å². The van der Waals surface area contributed by atoms with Gasteiger partial charge < -0.3 is 16.2 Å². The van der Waals surface area contributed by atoms with Crippen LogP contribution in [-0.2, 0) is 6.42 Å². The van der Waals surface area contributed by atoms with E-state index in [4.69, 9.17) is 10.8 Å². The van der Waals surface area contributed by atoms with Crippen LogP contribution in [0, 0.1) is 0 Å². The highest BCUT2D eigenvalue weighted by atomic mass is 16.4. The molecule has 110 valence electrons. The number of aryl methyl sites for hydroxylation is 1. The summed E-state index contributed by atoms with van der Waals surface area (Å²) in [6.07, 6.45) is 3.29. The SMILES string of the molecule is CC(CCc1ccccc1)Nc1nccc(C(=O)O)c1N. The smallest absolute Gasteiger partial charge is 0.337 e. The van der Waals surface area contributed by atoms with Gasteiger partial charge in [-0.15, -0.1) is 0 Å². The first-order chi connectivity index (χ1) is 10.1. The molecule has 5 heteroatoms. The average Bonchev–Trinajstić information content (AvgIpc) is 2.48. The zero-order valence-electron chi connectivity index (χ0n) is 11.9. The molecule has 1 unspecified atom stereocenters. The lowest BCUT2D eigenvalue weighted by atomic mass is 10.1. The second-order valence-corrected chi connectivity index (χ2v) is 5.00. The molecular formula is C16H19N3O2. The number of hydrogen-bond acceptors (Lipinski definition) is 4. The second kappa shape index (κ2) is 6.74. The van der Waals surface area contributed by atoms with Crippen LogP contribution in [0.1, 0.15) is 29.3 Å². The normalized spacial score (nSPS) is 11.9. The topological polar surface area (TPSA) is 88.2 Å². The maximum atomic E-state index is 11.0. The first kappa shape index (κ1) is 14.8. The van der Waals surface area contributed by atoms with Gasteiger partial charge in [-0.3, -0.25) is 0 Å². The number of nitrogens with one attached hydrogen (secondary N) is 1. The number of carboxylic acid groups (broad SMARTS) is 1. The van der Waals surface area contributed by atoms with E-state index in [1.54, 1.807) is 0 Å². The third-order valence-corrected chi connectivity index (χ3v) is 3.31. The van der Waals surface area contributed by atoms with E-state index in [0.717, 1.165) is 12.8 Å². The van der Waals surface area contributed by atoms with Crippen LogP contribution in [0.4, 0.5) is 11.5 Å². The molecule has 1 atom stereocenters. The van der Waals surface area contributed by atoms with E-state index in [2.05, 4.69) is 22.4 Å². The van der Waals surface area contributed by atoms with Crippen molar-refractivity contribution in [2.75, 3.05) is 11.1 Å². The average molecular weight is 285 g/mol. The molecule has 4 N–H and O–H groups in total. The van der Waals surface area contributed by atoms with E-state index < -0.39 is 5.97 Å². The molecule has 0 amide bonds. The number of benzene rings is 1. The fraction of sp³-hybridized carbons (Fsp3) is 0.250. The Morgan fingerprint density at radius 1 is 1.33 bits per heavy atom. The van der Waals surface area contributed by atoms with Gasteiger partial charge in [0.05, 0.1) is 11.3 Å². The number of nitrogens with two attached hydrogens (primary N) is 1. The quantitative estimate of drug-likeness (QED) is 0.759. The van der Waals surface area contributed by atoms with Crippen LogP contribution in [0.15, 0.2) is 42.6 Å². The summed E-state index contributed by atoms with van der Waals surface area (Å²) in [7, 11) is 0. The summed E-state index contributed by atoms with van der Waals surface area (Å²) in [5, 5.41) is 12.2. The molecule has 1 aromatic carbocycles. The van der Waals surface area contributed by atoms with Crippen LogP contribution in [0.2, 0.25) is 0 Å². The fourth-order valence-electron chi connectivity index (χ4n) is 2.11. The van der Waals surface area contributed by atoms with Crippen molar-refractivity contribution in [2.24, 2.45) is 0 Å². The molecule has 0 aliphatic heterocycles. The maximum Gasteiger partial charge on any atom is 0.337 e. The minimum Gasteiger partial charge on any atom is -0.478 e. The highest BCUT2D eigenvalue weighted by molar-refractivity contribution is 5.96. The number of nitrogens with zero attached hydrogens (tertiary/aromatic N) is 1. The van der Waals surface area contributed by atoms with E-state index in [0.29, 0.717) is 5.82 Å². The van der Waals surface area contributed by atoms with Crippen LogP contribution in [-0.4, -0.2) is 22.1 Å². The number of nitrogen functional groups attached to an aromatic ring is 1. The van der Waals surface area contributed by atoms with Gasteiger partial charge in [0.25, 0.3) is 0 Å². The highest BCUT2D eigenvalue weighted by Gasteiger charge is 2.13. The Kier molecular flexibility index (Phi) is 4.77. The molecule has 21 heavy (non-hydrogen) atoms. The van der Waals surface area contributed by atoms with Crippen LogP contribution in [0.5, 0.6) is 0 Å². The van der Waals surface area contributed by atoms with Crippen LogP contribution in [0.25, 0.3) is 0 Å². The predicted molar refractivity (Wildman–Crippen MR) is 83.5 cm³/mol. The van der Waals surface area contributed by atoms with Crippen molar-refractivity contribution in [3.63, 3.8) is 0 Å². The molecule has 0 saturated heterocycles. The van der Waals surface area contributed by atoms with Crippen molar-refractivity contribution in [3.8, 4) is 0 Å². The predicted octanol–water partition coefficient (Wildman–Crippen LogP) is 2.80. The van der Waals surface area contributed by atoms with Gasteiger partial charge in [0, 0.05) is 12.2 Å². The largest absolute Gasteiger partial charge is 0.478 e. The third-order valence-electron chi connectivity index (χ3n) is 3.31. The zero-order chi connectivity index (χ0) is 15.2. The van der Waals surface area contributed by atoms with Crippen molar-refractivity contribution < 1.29 is 9.90 Å². The van der Waals surface area contributed by atoms with Crippen molar-refractivity contribution in [2.45, 2.75) is 25.8 Å². The molecule has 0 spiro atoms. The number of rotatable bonds is 6. The monoisotopic (exact) mass is 285 g/mol. The minimum absolute atomic E-state index is 0.0720. The Labute approximate surface area is 123 Å². The molecule has 0 aliphatic rings. The fourth-order valence-corrected chi connectivity index (χ4v) is 2.11. The van der Waals surface area contributed by atoms with E-state index in [1.807, 2.05) is 25.1 Å². The Bertz CT molecular complexity index is 614. The van der Waals surface area contributed by atoms with Crippen molar-refractivity contribution >= 4 is 17.5 Å². The van der Waals surface area contributed by atoms with E-state index in [9.17, 15) is 4.79 Å². The molecular weight excluding hydrogens is 266 g/mol. The standard InChI is InChI=1S/C16H19N3O2/c1-11(7-8-12-5-3-2-4-6-12)19-15-14(17)13(16(20)21)9-10-18-15/h2-6,9-11H,7-8,17H2,1H3,(H,18,19)(H,20,21). The molecule has 2 aromatic rings. The molecule has 0 bridgehead atoms. The third kappa shape index (κ3) is 3.95. The number of aromatic nitrogens is 1. The molecule has 2 rings (SSSR count). The summed E-state index contributed by atoms with van der Waals surface area (Å²) < 4.78 is 0. The van der Waals surface area contributed by atoms with Crippen LogP contribution < -0.4 is 11.1 Å². The Balaban J connectivity index is 1.98. The first-order valence-corrected chi connectivity index (χ1v) is 6.86. The van der Waals surface area contributed by atoms with Crippen LogP contribution in [0.3, 0.4) is 0 Å². The molecule has 0 fully saturated rings. The Morgan fingerprint density at radius 3 is 2.71 bits per heavy atom. The first-order valence-electron chi connectivity index (χ1n) is 6.86. The molecule has 1 heterocycles. The van der Waals surface area contributed by atoms with Crippen molar-refractivity contribution in [1.29, 1.82) is 0 Å². The number of aromatic carboxylic acids is 1. The van der Waals surface area contributed by atoms with E-state index in [-0.39, 0.29) is 17.3 Å². The summed E-state index contributed by atoms with van der Waals surface area (Å²) in [5.41, 5.74) is 7.35. The molecule has 1 aromatic heterocycles. The second-order valence-electron chi connectivity index (χ2n) is 5.00. The number of anilines is 2. The van der Waals surface area contributed by atoms with Crippen molar-refractivity contribution in [1.82, 2.24) is 4.98 Å². The molecule has 0 radical (unpaired) electrons. The van der Waals surface area contributed by atoms with E-state index in [1.165, 1.54) is 17.8 Å². The van der Waals surface area contributed by atoms with E-state index >= 15 is 0 Å². The summed E-state index contributed by atoms with van der Waals surface area (Å²) >= 11 is 0. The lowest BCUT2D eigenvalue weighted by Gasteiger charge is -2.16. The maximum absolute atomic E-state index is 11.0. The summed E-state index contributed by atoms with van der Waals surface area (Å²) in [5.74, 6) is -0.620. The van der Waals surface area contributed by atoms with Gasteiger partial charge in [0.15, 0.2) is 0 Å². The Morgan fingerprint density at radius 2 is 2.05 bits per heavy atom. The van der Waals surface area contributed by atoms with Crippen LogP contribution >= 0.6 is 0 Å². The number of hydrogen-bond donors (Lipinski definition) is 3. The molecule has 0 aliphatic carbocycles. The van der Waals surface area contributed by atoms with Gasteiger partial charge in [-0.25, -0.2) is 9.78 Å². The summed E-state index contributed by atoms with van der Waals surface area (Å²) in [6.45, 7) is 2.03. The lowest BCUT2D eigenvalue weighted by Crippen LogP contribution is -2.19. The minimum atomic E-state index is -1.05. The van der Waals surface area contributed by atoms with Crippen molar-refractivity contribution in [3.05, 3.63) is 53.7 Å². The number of carboxylic acids is 1. The lowest BCUT2D eigenvalue weighted by molar-refractivity contribution is 0.0698. The molecule has 0 saturated carbocycles. The number of pyridine rings is 1. The summed E-state index contributed by atoms with van der Waals surface area (Å²) in [4.78, 5) is 15.2. The Hall–Kier alpha value is -2.56. The van der Waals surface area contributed by atoms with Gasteiger partial charge in [-0.1, -0.05) is 30.3 Å². The summed E-state index contributed by atoms with van der Waals surface area (Å²) in [6, 6.07) is 11.7. The van der Waals surface area contributed by atoms with Gasteiger partial charge >= 0.3 is 5.97 Å². The zero-order valence-corrected chi connectivity index (χ0v) is 11.9. The number of carbonyl (C=O) groups is 1. The van der Waals surface area contributed by atoms with Gasteiger partial charge in [0.1, 0.15) is 5.82 Å². The van der Waals surface area contributed by atoms with Gasteiger partial charge in [-0.2, -0.15) is 0 Å². The van der Waals surface area contributed by atoms with Gasteiger partial charge in [-0.05, 0) is 31.4 Å².